The van der Waals surface area contributed by atoms with Crippen LogP contribution in [0.1, 0.15) is 32.3 Å². The highest BCUT2D eigenvalue weighted by molar-refractivity contribution is 6.30. The Kier molecular flexibility index (Phi) is 7.31. The van der Waals surface area contributed by atoms with E-state index in [1.807, 2.05) is 6.92 Å². The van der Waals surface area contributed by atoms with Crippen molar-refractivity contribution in [2.24, 2.45) is 5.84 Å². The summed E-state index contributed by atoms with van der Waals surface area (Å²) in [5.74, 6) is 5.21. The van der Waals surface area contributed by atoms with E-state index < -0.39 is 0 Å². The monoisotopic (exact) mass is 288 g/mol. The number of hydrogen-bond donors (Lipinski definition) is 2. The predicted octanol–water partition coefficient (Wildman–Crippen LogP) is 3.06. The van der Waals surface area contributed by atoms with Gasteiger partial charge in [0.2, 0.25) is 0 Å². The SMILES string of the molecule is CCCC(OCC)C(Cc1cccc(Cl)c1F)NN. The molecule has 0 radical (unpaired) electrons. The van der Waals surface area contributed by atoms with E-state index in [1.54, 1.807) is 12.1 Å². The summed E-state index contributed by atoms with van der Waals surface area (Å²) in [6.07, 6.45) is 2.29. The van der Waals surface area contributed by atoms with Crippen LogP contribution in [0.15, 0.2) is 18.2 Å². The van der Waals surface area contributed by atoms with Gasteiger partial charge in [-0.15, -0.1) is 0 Å². The van der Waals surface area contributed by atoms with E-state index in [-0.39, 0.29) is 23.0 Å². The quantitative estimate of drug-likeness (QED) is 0.571. The molecule has 0 aliphatic rings. The Labute approximate surface area is 119 Å². The van der Waals surface area contributed by atoms with E-state index in [1.165, 1.54) is 6.07 Å². The summed E-state index contributed by atoms with van der Waals surface area (Å²) in [5, 5.41) is 0.136. The van der Waals surface area contributed by atoms with Crippen molar-refractivity contribution in [1.29, 1.82) is 0 Å². The number of benzene rings is 1. The predicted molar refractivity (Wildman–Crippen MR) is 76.5 cm³/mol. The van der Waals surface area contributed by atoms with Gasteiger partial charge >= 0.3 is 0 Å². The molecule has 1 rings (SSSR count). The van der Waals surface area contributed by atoms with Crippen LogP contribution in [0.4, 0.5) is 4.39 Å². The molecule has 3 nitrogen and oxygen atoms in total. The van der Waals surface area contributed by atoms with Gasteiger partial charge in [-0.1, -0.05) is 37.1 Å². The molecular weight excluding hydrogens is 267 g/mol. The molecular formula is C14H22ClFN2O. The molecule has 0 aromatic heterocycles. The van der Waals surface area contributed by atoms with Crippen molar-refractivity contribution < 1.29 is 9.13 Å². The molecule has 0 fully saturated rings. The van der Waals surface area contributed by atoms with Gasteiger partial charge in [0.05, 0.1) is 17.2 Å². The number of hydrogen-bond acceptors (Lipinski definition) is 3. The Balaban J connectivity index is 2.82. The molecule has 3 N–H and O–H groups in total. The highest BCUT2D eigenvalue weighted by Gasteiger charge is 2.22. The Bertz CT molecular complexity index is 384. The largest absolute Gasteiger partial charge is 0.377 e. The zero-order valence-electron chi connectivity index (χ0n) is 11.5. The van der Waals surface area contributed by atoms with Crippen LogP contribution in [-0.4, -0.2) is 18.8 Å². The number of halogens is 2. The number of nitrogens with one attached hydrogen (secondary N) is 1. The Morgan fingerprint density at radius 1 is 1.42 bits per heavy atom. The van der Waals surface area contributed by atoms with Crippen LogP contribution in [0.2, 0.25) is 5.02 Å². The van der Waals surface area contributed by atoms with Crippen LogP contribution in [-0.2, 0) is 11.2 Å². The summed E-state index contributed by atoms with van der Waals surface area (Å²) >= 11 is 5.78. The summed E-state index contributed by atoms with van der Waals surface area (Å²) in [4.78, 5) is 0. The lowest BCUT2D eigenvalue weighted by atomic mass is 9.98. The third kappa shape index (κ3) is 4.73. The third-order valence-corrected chi connectivity index (χ3v) is 3.38. The minimum atomic E-state index is -0.379. The van der Waals surface area contributed by atoms with Crippen LogP contribution in [0, 0.1) is 5.82 Å². The molecule has 0 aliphatic carbocycles. The maximum atomic E-state index is 13.9. The number of hydrazine groups is 1. The van der Waals surface area contributed by atoms with Crippen molar-refractivity contribution in [2.45, 2.75) is 45.3 Å². The molecule has 0 amide bonds. The highest BCUT2D eigenvalue weighted by Crippen LogP contribution is 2.21. The van der Waals surface area contributed by atoms with E-state index in [2.05, 4.69) is 12.3 Å². The minimum Gasteiger partial charge on any atom is -0.377 e. The van der Waals surface area contributed by atoms with E-state index in [0.29, 0.717) is 18.6 Å². The Morgan fingerprint density at radius 2 is 2.16 bits per heavy atom. The normalized spacial score (nSPS) is 14.4. The fraction of sp³-hybridized carbons (Fsp3) is 0.571. The Hall–Kier alpha value is -0.680. The number of nitrogens with two attached hydrogens (primary N) is 1. The van der Waals surface area contributed by atoms with Gasteiger partial charge in [0.15, 0.2) is 0 Å². The fourth-order valence-electron chi connectivity index (χ4n) is 2.14. The van der Waals surface area contributed by atoms with Gasteiger partial charge in [-0.3, -0.25) is 11.3 Å². The topological polar surface area (TPSA) is 47.3 Å². The number of ether oxygens (including phenoxy) is 1. The zero-order chi connectivity index (χ0) is 14.3. The second-order valence-electron chi connectivity index (χ2n) is 4.47. The van der Waals surface area contributed by atoms with Crippen LogP contribution in [0.25, 0.3) is 0 Å². The molecule has 0 saturated heterocycles. The van der Waals surface area contributed by atoms with Gasteiger partial charge in [-0.25, -0.2) is 4.39 Å². The molecule has 0 spiro atoms. The maximum absolute atomic E-state index is 13.9. The first kappa shape index (κ1) is 16.4. The van der Waals surface area contributed by atoms with Gasteiger partial charge in [-0.2, -0.15) is 0 Å². The van der Waals surface area contributed by atoms with Crippen molar-refractivity contribution in [3.05, 3.63) is 34.6 Å². The van der Waals surface area contributed by atoms with Gasteiger partial charge < -0.3 is 4.74 Å². The van der Waals surface area contributed by atoms with Gasteiger partial charge in [0.25, 0.3) is 0 Å². The summed E-state index contributed by atoms with van der Waals surface area (Å²) in [5.41, 5.74) is 3.28. The van der Waals surface area contributed by atoms with E-state index in [4.69, 9.17) is 22.2 Å². The van der Waals surface area contributed by atoms with Crippen LogP contribution in [0.3, 0.4) is 0 Å². The zero-order valence-corrected chi connectivity index (χ0v) is 12.2. The van der Waals surface area contributed by atoms with Crippen molar-refractivity contribution in [2.75, 3.05) is 6.61 Å². The van der Waals surface area contributed by atoms with Crippen LogP contribution < -0.4 is 11.3 Å². The molecule has 0 heterocycles. The summed E-state index contributed by atoms with van der Waals surface area (Å²) in [6, 6.07) is 4.87. The lowest BCUT2D eigenvalue weighted by Crippen LogP contribution is -2.46. The first-order valence-corrected chi connectivity index (χ1v) is 7.02. The summed E-state index contributed by atoms with van der Waals surface area (Å²) < 4.78 is 19.6. The van der Waals surface area contributed by atoms with E-state index in [0.717, 1.165) is 12.8 Å². The van der Waals surface area contributed by atoms with Crippen LogP contribution >= 0.6 is 11.6 Å². The first-order valence-electron chi connectivity index (χ1n) is 6.64. The summed E-state index contributed by atoms with van der Waals surface area (Å²) in [7, 11) is 0. The molecule has 2 atom stereocenters. The van der Waals surface area contributed by atoms with Gasteiger partial charge in [0, 0.05) is 6.61 Å². The lowest BCUT2D eigenvalue weighted by Gasteiger charge is -2.26. The van der Waals surface area contributed by atoms with Gasteiger partial charge in [-0.05, 0) is 31.4 Å². The Morgan fingerprint density at radius 3 is 2.74 bits per heavy atom. The fourth-order valence-corrected chi connectivity index (χ4v) is 2.33. The first-order chi connectivity index (χ1) is 9.13. The standard InChI is InChI=1S/C14H22ClFN2O/c1-3-6-13(19-4-2)12(18-17)9-10-7-5-8-11(15)14(10)16/h5,7-8,12-13,18H,3-4,6,9,17H2,1-2H3. The van der Waals surface area contributed by atoms with Crippen LogP contribution in [0.5, 0.6) is 0 Å². The smallest absolute Gasteiger partial charge is 0.145 e. The lowest BCUT2D eigenvalue weighted by molar-refractivity contribution is 0.0280. The number of rotatable bonds is 8. The van der Waals surface area contributed by atoms with Crippen molar-refractivity contribution in [3.63, 3.8) is 0 Å². The van der Waals surface area contributed by atoms with E-state index in [9.17, 15) is 4.39 Å². The molecule has 19 heavy (non-hydrogen) atoms. The average molecular weight is 289 g/mol. The van der Waals surface area contributed by atoms with E-state index >= 15 is 0 Å². The molecule has 1 aromatic carbocycles. The molecule has 0 aliphatic heterocycles. The molecule has 2 unspecified atom stereocenters. The maximum Gasteiger partial charge on any atom is 0.145 e. The molecule has 0 saturated carbocycles. The van der Waals surface area contributed by atoms with Crippen molar-refractivity contribution in [1.82, 2.24) is 5.43 Å². The second-order valence-corrected chi connectivity index (χ2v) is 4.88. The van der Waals surface area contributed by atoms with Gasteiger partial charge in [0.1, 0.15) is 5.82 Å². The molecule has 0 bridgehead atoms. The average Bonchev–Trinajstić information content (AvgIpc) is 2.40. The van der Waals surface area contributed by atoms with Crippen molar-refractivity contribution >= 4 is 11.6 Å². The molecule has 1 aromatic rings. The minimum absolute atomic E-state index is 0.0293. The molecule has 108 valence electrons. The summed E-state index contributed by atoms with van der Waals surface area (Å²) in [6.45, 7) is 4.64. The highest BCUT2D eigenvalue weighted by atomic mass is 35.5. The van der Waals surface area contributed by atoms with Crippen molar-refractivity contribution in [3.8, 4) is 0 Å². The second kappa shape index (κ2) is 8.48. The molecule has 5 heteroatoms. The third-order valence-electron chi connectivity index (χ3n) is 3.09.